The fourth-order valence-electron chi connectivity index (χ4n) is 4.72. The van der Waals surface area contributed by atoms with Gasteiger partial charge >= 0.3 is 0 Å². The zero-order chi connectivity index (χ0) is 21.5. The topological polar surface area (TPSA) is 17.8 Å². The summed E-state index contributed by atoms with van der Waals surface area (Å²) >= 11 is 0. The monoisotopic (exact) mass is 404 g/mol. The molecular formula is C29H28N2. The molecule has 0 aliphatic carbocycles. The molecule has 0 atom stereocenters. The summed E-state index contributed by atoms with van der Waals surface area (Å²) in [6.45, 7) is 9.07. The van der Waals surface area contributed by atoms with E-state index >= 15 is 0 Å². The summed E-state index contributed by atoms with van der Waals surface area (Å²) < 4.78 is 2.27. The van der Waals surface area contributed by atoms with Crippen molar-refractivity contribution in [3.63, 3.8) is 0 Å². The van der Waals surface area contributed by atoms with Crippen LogP contribution in [-0.4, -0.2) is 9.55 Å². The van der Waals surface area contributed by atoms with Crippen LogP contribution in [0.3, 0.4) is 0 Å². The summed E-state index contributed by atoms with van der Waals surface area (Å²) in [5.74, 6) is 1.88. The van der Waals surface area contributed by atoms with Crippen LogP contribution in [0, 0.1) is 0 Å². The van der Waals surface area contributed by atoms with Gasteiger partial charge in [0.2, 0.25) is 0 Å². The van der Waals surface area contributed by atoms with E-state index in [0.717, 1.165) is 5.82 Å². The molecule has 0 spiro atoms. The zero-order valence-corrected chi connectivity index (χ0v) is 18.6. The molecule has 154 valence electrons. The highest BCUT2D eigenvalue weighted by atomic mass is 15.1. The molecule has 0 saturated heterocycles. The van der Waals surface area contributed by atoms with Crippen LogP contribution in [0.4, 0.5) is 0 Å². The summed E-state index contributed by atoms with van der Waals surface area (Å²) in [6, 6.07) is 28.2. The predicted octanol–water partition coefficient (Wildman–Crippen LogP) is 8.09. The molecule has 2 heteroatoms. The van der Waals surface area contributed by atoms with Gasteiger partial charge in [-0.05, 0) is 52.8 Å². The molecule has 0 aliphatic heterocycles. The second-order valence-electron chi connectivity index (χ2n) is 8.90. The summed E-state index contributed by atoms with van der Waals surface area (Å²) in [6.07, 6.45) is 2.05. The molecule has 0 amide bonds. The minimum Gasteiger partial charge on any atom is -0.294 e. The Morgan fingerprint density at radius 2 is 1.16 bits per heavy atom. The van der Waals surface area contributed by atoms with E-state index in [1.165, 1.54) is 44.1 Å². The third-order valence-electron chi connectivity index (χ3n) is 6.22. The molecule has 0 saturated carbocycles. The molecule has 2 heterocycles. The van der Waals surface area contributed by atoms with Gasteiger partial charge in [-0.1, -0.05) is 82.3 Å². The van der Waals surface area contributed by atoms with Gasteiger partial charge in [-0.15, -0.1) is 0 Å². The average Bonchev–Trinajstić information content (AvgIpc) is 3.13. The van der Waals surface area contributed by atoms with E-state index < -0.39 is 0 Å². The third-order valence-corrected chi connectivity index (χ3v) is 6.22. The largest absolute Gasteiger partial charge is 0.294 e. The van der Waals surface area contributed by atoms with Crippen LogP contribution < -0.4 is 0 Å². The van der Waals surface area contributed by atoms with E-state index in [2.05, 4.69) is 111 Å². The molecule has 0 N–H and O–H groups in total. The van der Waals surface area contributed by atoms with Crippen molar-refractivity contribution in [2.24, 2.45) is 0 Å². The minimum atomic E-state index is 0.464. The van der Waals surface area contributed by atoms with Gasteiger partial charge in [0, 0.05) is 22.5 Å². The lowest BCUT2D eigenvalue weighted by Crippen LogP contribution is -2.01. The fourth-order valence-corrected chi connectivity index (χ4v) is 4.72. The Morgan fingerprint density at radius 1 is 0.613 bits per heavy atom. The molecule has 0 aliphatic rings. The van der Waals surface area contributed by atoms with Gasteiger partial charge in [0.25, 0.3) is 0 Å². The van der Waals surface area contributed by atoms with Gasteiger partial charge in [0.05, 0.1) is 11.0 Å². The minimum absolute atomic E-state index is 0.464. The Morgan fingerprint density at radius 3 is 1.65 bits per heavy atom. The fraction of sp³-hybridized carbons (Fsp3) is 0.207. The molecule has 2 aromatic heterocycles. The van der Waals surface area contributed by atoms with Crippen LogP contribution in [0.5, 0.6) is 0 Å². The molecule has 0 radical (unpaired) electrons. The van der Waals surface area contributed by atoms with E-state index in [0.29, 0.717) is 11.8 Å². The van der Waals surface area contributed by atoms with Gasteiger partial charge in [0.1, 0.15) is 5.82 Å². The number of para-hydroxylation sites is 2. The van der Waals surface area contributed by atoms with Gasteiger partial charge in [0.15, 0.2) is 0 Å². The lowest BCUT2D eigenvalue weighted by atomic mass is 9.85. The molecule has 3 aromatic carbocycles. The smallest absolute Gasteiger partial charge is 0.137 e. The molecule has 31 heavy (non-hydrogen) atoms. The zero-order valence-electron chi connectivity index (χ0n) is 18.6. The molecule has 5 rings (SSSR count). The van der Waals surface area contributed by atoms with Crippen LogP contribution in [0.2, 0.25) is 0 Å². The molecule has 5 aromatic rings. The van der Waals surface area contributed by atoms with Crippen molar-refractivity contribution in [2.75, 3.05) is 0 Å². The van der Waals surface area contributed by atoms with E-state index in [-0.39, 0.29) is 0 Å². The first kappa shape index (κ1) is 19.6. The van der Waals surface area contributed by atoms with Crippen molar-refractivity contribution >= 4 is 21.8 Å². The van der Waals surface area contributed by atoms with Crippen LogP contribution >= 0.6 is 0 Å². The van der Waals surface area contributed by atoms with E-state index in [9.17, 15) is 0 Å². The van der Waals surface area contributed by atoms with Crippen LogP contribution in [-0.2, 0) is 0 Å². The maximum atomic E-state index is 4.96. The highest BCUT2D eigenvalue weighted by Gasteiger charge is 2.17. The van der Waals surface area contributed by atoms with Crippen molar-refractivity contribution in [1.29, 1.82) is 0 Å². The van der Waals surface area contributed by atoms with Gasteiger partial charge in [-0.2, -0.15) is 0 Å². The second kappa shape index (κ2) is 7.70. The Bertz CT molecular complexity index is 1290. The van der Waals surface area contributed by atoms with Gasteiger partial charge in [-0.3, -0.25) is 4.57 Å². The molecule has 0 fully saturated rings. The van der Waals surface area contributed by atoms with Crippen molar-refractivity contribution in [3.8, 4) is 16.9 Å². The van der Waals surface area contributed by atoms with E-state index in [1.807, 2.05) is 6.20 Å². The Labute approximate surface area is 184 Å². The van der Waals surface area contributed by atoms with Crippen LogP contribution in [0.15, 0.2) is 85.1 Å². The normalized spacial score (nSPS) is 11.8. The summed E-state index contributed by atoms with van der Waals surface area (Å²) in [5.41, 5.74) is 7.69. The van der Waals surface area contributed by atoms with E-state index in [4.69, 9.17) is 4.98 Å². The number of benzene rings is 3. The number of fused-ring (bicyclic) bond motifs is 3. The molecule has 2 nitrogen and oxygen atoms in total. The first-order valence-electron chi connectivity index (χ1n) is 11.1. The van der Waals surface area contributed by atoms with E-state index in [1.54, 1.807) is 0 Å². The predicted molar refractivity (Wildman–Crippen MR) is 132 cm³/mol. The number of rotatable bonds is 4. The van der Waals surface area contributed by atoms with Crippen molar-refractivity contribution in [3.05, 3.63) is 96.2 Å². The number of nitrogens with zero attached hydrogens (tertiary/aromatic N) is 2. The van der Waals surface area contributed by atoms with Gasteiger partial charge in [-0.25, -0.2) is 4.98 Å². The first-order chi connectivity index (χ1) is 15.1. The Kier molecular flexibility index (Phi) is 4.86. The van der Waals surface area contributed by atoms with Gasteiger partial charge < -0.3 is 0 Å². The number of aromatic nitrogens is 2. The number of hydrogen-bond donors (Lipinski definition) is 0. The van der Waals surface area contributed by atoms with Crippen molar-refractivity contribution in [2.45, 2.75) is 39.5 Å². The second-order valence-corrected chi connectivity index (χ2v) is 8.90. The first-order valence-corrected chi connectivity index (χ1v) is 11.1. The van der Waals surface area contributed by atoms with Crippen molar-refractivity contribution < 1.29 is 0 Å². The number of hydrogen-bond acceptors (Lipinski definition) is 1. The lowest BCUT2D eigenvalue weighted by Gasteiger charge is -2.20. The standard InChI is InChI=1S/C29H28N2/c1-19(2)22-12-9-13-23(20(3)4)29(22)21-16-17-28(30-18-21)31-26-14-7-5-10-24(26)25-11-6-8-15-27(25)31/h5-20H,1-4H3. The Balaban J connectivity index is 1.70. The average molecular weight is 405 g/mol. The molecular weight excluding hydrogens is 376 g/mol. The Hall–Kier alpha value is -3.39. The summed E-state index contributed by atoms with van der Waals surface area (Å²) in [5, 5.41) is 2.52. The highest BCUT2D eigenvalue weighted by molar-refractivity contribution is 6.09. The highest BCUT2D eigenvalue weighted by Crippen LogP contribution is 2.37. The molecule has 0 bridgehead atoms. The quantitative estimate of drug-likeness (QED) is 0.296. The summed E-state index contributed by atoms with van der Waals surface area (Å²) in [7, 11) is 0. The van der Waals surface area contributed by atoms with Crippen LogP contribution in [0.1, 0.15) is 50.7 Å². The SMILES string of the molecule is CC(C)c1cccc(C(C)C)c1-c1ccc(-n2c3ccccc3c3ccccc32)nc1. The van der Waals surface area contributed by atoms with Crippen molar-refractivity contribution in [1.82, 2.24) is 9.55 Å². The van der Waals surface area contributed by atoms with Crippen LogP contribution in [0.25, 0.3) is 38.8 Å². The lowest BCUT2D eigenvalue weighted by molar-refractivity contribution is 0.837. The third kappa shape index (κ3) is 3.23. The number of pyridine rings is 1. The maximum Gasteiger partial charge on any atom is 0.137 e. The molecule has 0 unspecified atom stereocenters. The summed E-state index contributed by atoms with van der Waals surface area (Å²) in [4.78, 5) is 4.96. The maximum absolute atomic E-state index is 4.96.